The number of aryl methyl sites for hydroxylation is 1. The van der Waals surface area contributed by atoms with E-state index in [-0.39, 0.29) is 11.5 Å². The van der Waals surface area contributed by atoms with Gasteiger partial charge in [-0.05, 0) is 41.7 Å². The van der Waals surface area contributed by atoms with E-state index in [1.165, 1.54) is 0 Å². The summed E-state index contributed by atoms with van der Waals surface area (Å²) in [5, 5.41) is 1.29. The van der Waals surface area contributed by atoms with Crippen molar-refractivity contribution in [3.63, 3.8) is 0 Å². The predicted octanol–water partition coefficient (Wildman–Crippen LogP) is 5.52. The molecule has 1 amide bonds. The van der Waals surface area contributed by atoms with E-state index in [0.717, 1.165) is 16.7 Å². The van der Waals surface area contributed by atoms with Gasteiger partial charge in [0.25, 0.3) is 0 Å². The third kappa shape index (κ3) is 5.73. The maximum atomic E-state index is 13.4. The van der Waals surface area contributed by atoms with E-state index in [9.17, 15) is 13.2 Å². The molecule has 3 aromatic rings. The van der Waals surface area contributed by atoms with Gasteiger partial charge in [0.1, 0.15) is 6.61 Å². The Morgan fingerprint density at radius 2 is 1.45 bits per heavy atom. The quantitative estimate of drug-likeness (QED) is 0.528. The third-order valence-corrected chi connectivity index (χ3v) is 6.97. The summed E-state index contributed by atoms with van der Waals surface area (Å²) in [5.74, 6) is 0.310. The normalized spacial score (nSPS) is 12.4. The number of sulfone groups is 1. The van der Waals surface area contributed by atoms with Crippen LogP contribution in [0, 0.1) is 6.92 Å². The summed E-state index contributed by atoms with van der Waals surface area (Å²) < 4.78 is 32.1. The summed E-state index contributed by atoms with van der Waals surface area (Å²) in [4.78, 5) is 12.6. The number of benzene rings is 3. The molecule has 0 spiro atoms. The zero-order valence-electron chi connectivity index (χ0n) is 17.9. The standard InChI is InChI=1S/C25H27NO4S/c1-18(2)21-11-13-22(14-12-21)24(31(28,29)23-15-9-19(3)10-16-23)26-25(27)30-17-20-7-5-4-6-8-20/h4-16,18,24H,17H2,1-3H3,(H,26,27). The van der Waals surface area contributed by atoms with Crippen LogP contribution in [-0.4, -0.2) is 14.5 Å². The number of amides is 1. The van der Waals surface area contributed by atoms with E-state index >= 15 is 0 Å². The molecule has 0 heterocycles. The number of ether oxygens (including phenoxy) is 1. The van der Waals surface area contributed by atoms with Gasteiger partial charge in [0.05, 0.1) is 4.90 Å². The van der Waals surface area contributed by atoms with Crippen LogP contribution in [0.25, 0.3) is 0 Å². The van der Waals surface area contributed by atoms with Gasteiger partial charge in [0, 0.05) is 0 Å². The van der Waals surface area contributed by atoms with Crippen LogP contribution < -0.4 is 5.32 Å². The highest BCUT2D eigenvalue weighted by Gasteiger charge is 2.31. The lowest BCUT2D eigenvalue weighted by Crippen LogP contribution is -2.34. The number of carbonyl (C=O) groups is 1. The zero-order valence-corrected chi connectivity index (χ0v) is 18.7. The Kier molecular flexibility index (Phi) is 7.13. The molecular weight excluding hydrogens is 410 g/mol. The smallest absolute Gasteiger partial charge is 0.408 e. The molecule has 6 heteroatoms. The van der Waals surface area contributed by atoms with Gasteiger partial charge in [-0.1, -0.05) is 86.1 Å². The summed E-state index contributed by atoms with van der Waals surface area (Å²) in [6.07, 6.45) is -0.794. The lowest BCUT2D eigenvalue weighted by atomic mass is 10.0. The molecule has 0 aliphatic rings. The Labute approximate surface area is 184 Å². The van der Waals surface area contributed by atoms with E-state index in [4.69, 9.17) is 4.74 Å². The van der Waals surface area contributed by atoms with Crippen LogP contribution in [0.5, 0.6) is 0 Å². The van der Waals surface area contributed by atoms with Crippen LogP contribution in [0.4, 0.5) is 4.79 Å². The van der Waals surface area contributed by atoms with Crippen molar-refractivity contribution >= 4 is 15.9 Å². The molecule has 0 aliphatic carbocycles. The largest absolute Gasteiger partial charge is 0.445 e. The van der Waals surface area contributed by atoms with Crippen molar-refractivity contribution in [1.29, 1.82) is 0 Å². The van der Waals surface area contributed by atoms with Crippen LogP contribution in [-0.2, 0) is 21.2 Å². The fraction of sp³-hybridized carbons (Fsp3) is 0.240. The van der Waals surface area contributed by atoms with E-state index in [1.54, 1.807) is 36.4 Å². The molecule has 1 N–H and O–H groups in total. The van der Waals surface area contributed by atoms with E-state index < -0.39 is 21.3 Å². The first-order valence-corrected chi connectivity index (χ1v) is 11.7. The van der Waals surface area contributed by atoms with Crippen LogP contribution in [0.15, 0.2) is 83.8 Å². The van der Waals surface area contributed by atoms with Crippen LogP contribution in [0.1, 0.15) is 47.4 Å². The number of nitrogens with one attached hydrogen (secondary N) is 1. The predicted molar refractivity (Wildman–Crippen MR) is 121 cm³/mol. The third-order valence-electron chi connectivity index (χ3n) is 5.03. The zero-order chi connectivity index (χ0) is 22.4. The monoisotopic (exact) mass is 437 g/mol. The summed E-state index contributed by atoms with van der Waals surface area (Å²) in [6, 6.07) is 23.0. The minimum atomic E-state index is -3.89. The second-order valence-corrected chi connectivity index (χ2v) is 9.80. The Bertz CT molecular complexity index is 1110. The molecule has 5 nitrogen and oxygen atoms in total. The number of alkyl carbamates (subject to hydrolysis) is 1. The number of hydrogen-bond acceptors (Lipinski definition) is 4. The van der Waals surface area contributed by atoms with Crippen molar-refractivity contribution in [3.8, 4) is 0 Å². The fourth-order valence-electron chi connectivity index (χ4n) is 3.13. The van der Waals surface area contributed by atoms with Crippen LogP contribution in [0.3, 0.4) is 0 Å². The molecule has 1 unspecified atom stereocenters. The Hall–Kier alpha value is -3.12. The van der Waals surface area contributed by atoms with Gasteiger partial charge in [0.2, 0.25) is 9.84 Å². The fourth-order valence-corrected chi connectivity index (χ4v) is 4.69. The van der Waals surface area contributed by atoms with Crippen molar-refractivity contribution in [2.75, 3.05) is 0 Å². The van der Waals surface area contributed by atoms with Crippen molar-refractivity contribution in [2.24, 2.45) is 0 Å². The molecule has 0 saturated carbocycles. The molecule has 3 rings (SSSR count). The highest BCUT2D eigenvalue weighted by molar-refractivity contribution is 7.91. The SMILES string of the molecule is Cc1ccc(S(=O)(=O)C(NC(=O)OCc2ccccc2)c2ccc(C(C)C)cc2)cc1. The Morgan fingerprint density at radius 3 is 2.03 bits per heavy atom. The topological polar surface area (TPSA) is 72.5 Å². The van der Waals surface area contributed by atoms with Gasteiger partial charge >= 0.3 is 6.09 Å². The summed E-state index contributed by atoms with van der Waals surface area (Å²) in [6.45, 7) is 6.07. The minimum absolute atomic E-state index is 0.0518. The van der Waals surface area contributed by atoms with Gasteiger partial charge in [-0.2, -0.15) is 0 Å². The average Bonchev–Trinajstić information content (AvgIpc) is 2.77. The van der Waals surface area contributed by atoms with Crippen molar-refractivity contribution in [3.05, 3.63) is 101 Å². The van der Waals surface area contributed by atoms with E-state index in [1.807, 2.05) is 49.4 Å². The first kappa shape index (κ1) is 22.6. The number of carbonyl (C=O) groups excluding carboxylic acids is 1. The van der Waals surface area contributed by atoms with Gasteiger partial charge in [-0.15, -0.1) is 0 Å². The summed E-state index contributed by atoms with van der Waals surface area (Å²) in [5.41, 5.74) is 3.33. The molecule has 0 bridgehead atoms. The molecule has 0 aliphatic heterocycles. The molecule has 3 aromatic carbocycles. The highest BCUT2D eigenvalue weighted by Crippen LogP contribution is 2.28. The lowest BCUT2D eigenvalue weighted by Gasteiger charge is -2.20. The first-order chi connectivity index (χ1) is 14.8. The van der Waals surface area contributed by atoms with Crippen LogP contribution in [0.2, 0.25) is 0 Å². The minimum Gasteiger partial charge on any atom is -0.445 e. The van der Waals surface area contributed by atoms with Crippen molar-refractivity contribution in [1.82, 2.24) is 5.32 Å². The van der Waals surface area contributed by atoms with E-state index in [0.29, 0.717) is 11.5 Å². The van der Waals surface area contributed by atoms with Gasteiger partial charge in [-0.25, -0.2) is 13.2 Å². The molecule has 0 saturated heterocycles. The first-order valence-electron chi connectivity index (χ1n) is 10.1. The summed E-state index contributed by atoms with van der Waals surface area (Å²) in [7, 11) is -3.89. The van der Waals surface area contributed by atoms with Gasteiger partial charge in [-0.3, -0.25) is 0 Å². The highest BCUT2D eigenvalue weighted by atomic mass is 32.2. The van der Waals surface area contributed by atoms with Crippen molar-refractivity contribution < 1.29 is 17.9 Å². The second kappa shape index (κ2) is 9.79. The molecule has 162 valence electrons. The van der Waals surface area contributed by atoms with Crippen LogP contribution >= 0.6 is 0 Å². The Morgan fingerprint density at radius 1 is 0.871 bits per heavy atom. The molecule has 0 fully saturated rings. The summed E-state index contributed by atoms with van der Waals surface area (Å²) >= 11 is 0. The Balaban J connectivity index is 1.88. The van der Waals surface area contributed by atoms with E-state index in [2.05, 4.69) is 19.2 Å². The molecular formula is C25H27NO4S. The van der Waals surface area contributed by atoms with Gasteiger partial charge < -0.3 is 10.1 Å². The maximum absolute atomic E-state index is 13.4. The number of rotatable bonds is 7. The average molecular weight is 438 g/mol. The second-order valence-electron chi connectivity index (χ2n) is 7.77. The van der Waals surface area contributed by atoms with Crippen molar-refractivity contribution in [2.45, 2.75) is 43.6 Å². The molecule has 0 aromatic heterocycles. The lowest BCUT2D eigenvalue weighted by molar-refractivity contribution is 0.138. The molecule has 1 atom stereocenters. The molecule has 31 heavy (non-hydrogen) atoms. The molecule has 0 radical (unpaired) electrons. The number of hydrogen-bond donors (Lipinski definition) is 1. The van der Waals surface area contributed by atoms with Gasteiger partial charge in [0.15, 0.2) is 5.37 Å². The maximum Gasteiger partial charge on any atom is 0.408 e.